The van der Waals surface area contributed by atoms with Crippen molar-refractivity contribution in [3.63, 3.8) is 0 Å². The van der Waals surface area contributed by atoms with E-state index in [1.807, 2.05) is 18.3 Å². The fourth-order valence-corrected chi connectivity index (χ4v) is 3.59. The van der Waals surface area contributed by atoms with Crippen LogP contribution in [0.25, 0.3) is 10.9 Å². The molecule has 1 atom stereocenters. The summed E-state index contributed by atoms with van der Waals surface area (Å²) in [5, 5.41) is 22.3. The molecule has 4 rings (SSSR count). The third-order valence-corrected chi connectivity index (χ3v) is 4.96. The minimum atomic E-state index is -1.11. The average Bonchev–Trinajstić information content (AvgIpc) is 3.30. The molecule has 1 aliphatic heterocycles. The van der Waals surface area contributed by atoms with Crippen LogP contribution in [0.1, 0.15) is 25.0 Å². The molecule has 2 aromatic heterocycles. The highest BCUT2D eigenvalue weighted by atomic mass is 16.3. The van der Waals surface area contributed by atoms with E-state index >= 15 is 0 Å². The molecule has 130 valence electrons. The van der Waals surface area contributed by atoms with E-state index in [4.69, 9.17) is 0 Å². The van der Waals surface area contributed by atoms with Gasteiger partial charge >= 0.3 is 0 Å². The lowest BCUT2D eigenvalue weighted by molar-refractivity contribution is -0.139. The molecule has 25 heavy (non-hydrogen) atoms. The molecule has 0 spiro atoms. The Bertz CT molecular complexity index is 873. The zero-order valence-corrected chi connectivity index (χ0v) is 13.9. The van der Waals surface area contributed by atoms with Crippen LogP contribution in [0.2, 0.25) is 0 Å². The first kappa shape index (κ1) is 15.8. The van der Waals surface area contributed by atoms with Crippen molar-refractivity contribution in [3.05, 3.63) is 48.4 Å². The number of para-hydroxylation sites is 1. The Hall–Kier alpha value is -2.67. The molecule has 2 N–H and O–H groups in total. The molecule has 7 heteroatoms. The molecule has 3 aromatic rings. The van der Waals surface area contributed by atoms with Gasteiger partial charge in [0.05, 0.1) is 12.7 Å². The monoisotopic (exact) mass is 339 g/mol. The molecule has 1 saturated heterocycles. The molecule has 0 bridgehead atoms. The number of carbonyl (C=O) groups is 1. The smallest absolute Gasteiger partial charge is 0.224 e. The molecule has 0 saturated carbocycles. The first-order valence-corrected chi connectivity index (χ1v) is 8.56. The van der Waals surface area contributed by atoms with E-state index in [9.17, 15) is 9.90 Å². The SMILES string of the molecule is O=C(CCn1ccc2ccccc21)N1CCCC(O)(c2cn[nH]n2)C1. The van der Waals surface area contributed by atoms with Crippen LogP contribution in [0, 0.1) is 0 Å². The Morgan fingerprint density at radius 1 is 1.32 bits per heavy atom. The Balaban J connectivity index is 1.42. The second-order valence-electron chi connectivity index (χ2n) is 6.62. The van der Waals surface area contributed by atoms with Crippen molar-refractivity contribution in [1.29, 1.82) is 0 Å². The van der Waals surface area contributed by atoms with Gasteiger partial charge in [-0.05, 0) is 30.4 Å². The van der Waals surface area contributed by atoms with Crippen molar-refractivity contribution in [1.82, 2.24) is 24.9 Å². The van der Waals surface area contributed by atoms with Gasteiger partial charge in [0.25, 0.3) is 0 Å². The number of aromatic nitrogens is 4. The van der Waals surface area contributed by atoms with Crippen LogP contribution in [0.15, 0.2) is 42.7 Å². The number of β-amino-alcohol motifs (C(OH)–C–C–N with tert-alkyl or cyclic N) is 1. The first-order chi connectivity index (χ1) is 12.2. The molecule has 1 fully saturated rings. The van der Waals surface area contributed by atoms with Crippen LogP contribution >= 0.6 is 0 Å². The number of nitrogens with zero attached hydrogens (tertiary/aromatic N) is 4. The predicted octanol–water partition coefficient (Wildman–Crippen LogP) is 1.66. The van der Waals surface area contributed by atoms with Gasteiger partial charge in [-0.1, -0.05) is 18.2 Å². The maximum absolute atomic E-state index is 12.6. The highest BCUT2D eigenvalue weighted by Gasteiger charge is 2.38. The highest BCUT2D eigenvalue weighted by Crippen LogP contribution is 2.30. The van der Waals surface area contributed by atoms with E-state index in [0.717, 1.165) is 11.9 Å². The van der Waals surface area contributed by atoms with Gasteiger partial charge in [-0.3, -0.25) is 4.79 Å². The Labute approximate surface area is 145 Å². The lowest BCUT2D eigenvalue weighted by atomic mass is 9.90. The van der Waals surface area contributed by atoms with Gasteiger partial charge in [0.15, 0.2) is 0 Å². The van der Waals surface area contributed by atoms with Crippen LogP contribution in [-0.4, -0.2) is 49.0 Å². The fourth-order valence-electron chi connectivity index (χ4n) is 3.59. The number of amides is 1. The zero-order chi connectivity index (χ0) is 17.3. The van der Waals surface area contributed by atoms with Gasteiger partial charge in [0, 0.05) is 31.2 Å². The summed E-state index contributed by atoms with van der Waals surface area (Å²) < 4.78 is 2.10. The number of piperidine rings is 1. The van der Waals surface area contributed by atoms with Crippen LogP contribution in [0.5, 0.6) is 0 Å². The van der Waals surface area contributed by atoms with E-state index in [0.29, 0.717) is 31.6 Å². The summed E-state index contributed by atoms with van der Waals surface area (Å²) in [6.07, 6.45) is 5.29. The van der Waals surface area contributed by atoms with Crippen molar-refractivity contribution < 1.29 is 9.90 Å². The summed E-state index contributed by atoms with van der Waals surface area (Å²) in [4.78, 5) is 14.4. The fraction of sp³-hybridized carbons (Fsp3) is 0.389. The summed E-state index contributed by atoms with van der Waals surface area (Å²) in [5.74, 6) is 0.0550. The maximum Gasteiger partial charge on any atom is 0.224 e. The number of hydrogen-bond donors (Lipinski definition) is 2. The summed E-state index contributed by atoms with van der Waals surface area (Å²) in [5.41, 5.74) is 0.524. The molecule has 1 unspecified atom stereocenters. The molecular formula is C18H21N5O2. The molecule has 1 aliphatic rings. The number of H-pyrrole nitrogens is 1. The second-order valence-corrected chi connectivity index (χ2v) is 6.62. The third-order valence-electron chi connectivity index (χ3n) is 4.96. The average molecular weight is 339 g/mol. The van der Waals surface area contributed by atoms with Crippen molar-refractivity contribution in [2.24, 2.45) is 0 Å². The van der Waals surface area contributed by atoms with E-state index < -0.39 is 5.60 Å². The highest BCUT2D eigenvalue weighted by molar-refractivity contribution is 5.80. The number of aromatic amines is 1. The molecule has 0 radical (unpaired) electrons. The van der Waals surface area contributed by atoms with Gasteiger partial charge in [-0.2, -0.15) is 15.4 Å². The Morgan fingerprint density at radius 2 is 2.20 bits per heavy atom. The number of fused-ring (bicyclic) bond motifs is 1. The Kier molecular flexibility index (Phi) is 4.01. The van der Waals surface area contributed by atoms with Gasteiger partial charge < -0.3 is 14.6 Å². The van der Waals surface area contributed by atoms with Crippen molar-refractivity contribution in [3.8, 4) is 0 Å². The van der Waals surface area contributed by atoms with Gasteiger partial charge in [-0.25, -0.2) is 0 Å². The number of aryl methyl sites for hydroxylation is 1. The Morgan fingerprint density at radius 3 is 3.04 bits per heavy atom. The zero-order valence-electron chi connectivity index (χ0n) is 13.9. The van der Waals surface area contributed by atoms with Crippen LogP contribution in [0.3, 0.4) is 0 Å². The standard InChI is InChI=1S/C18H21N5O2/c24-17(7-11-22-10-6-14-4-1-2-5-15(14)22)23-9-3-8-18(25,13-23)16-12-19-21-20-16/h1-2,4-6,10,12,25H,3,7-9,11,13H2,(H,19,20,21). The summed E-state index contributed by atoms with van der Waals surface area (Å²) in [6.45, 7) is 1.57. The van der Waals surface area contributed by atoms with Gasteiger partial charge in [0.1, 0.15) is 11.3 Å². The quantitative estimate of drug-likeness (QED) is 0.757. The normalized spacial score (nSPS) is 20.9. The number of benzene rings is 1. The third kappa shape index (κ3) is 3.02. The minimum Gasteiger partial charge on any atom is -0.382 e. The van der Waals surface area contributed by atoms with E-state index in [-0.39, 0.29) is 12.5 Å². The second kappa shape index (κ2) is 6.33. The summed E-state index contributed by atoms with van der Waals surface area (Å²) in [7, 11) is 0. The van der Waals surface area contributed by atoms with Crippen LogP contribution in [-0.2, 0) is 16.9 Å². The predicted molar refractivity (Wildman–Crippen MR) is 92.6 cm³/mol. The largest absolute Gasteiger partial charge is 0.382 e. The van der Waals surface area contributed by atoms with E-state index in [1.165, 1.54) is 11.6 Å². The lowest BCUT2D eigenvalue weighted by Gasteiger charge is -2.38. The number of likely N-dealkylation sites (tertiary alicyclic amines) is 1. The minimum absolute atomic E-state index is 0.0550. The molecule has 0 aliphatic carbocycles. The number of nitrogens with one attached hydrogen (secondary N) is 1. The lowest BCUT2D eigenvalue weighted by Crippen LogP contribution is -2.48. The summed E-state index contributed by atoms with van der Waals surface area (Å²) in [6, 6.07) is 10.2. The number of hydrogen-bond acceptors (Lipinski definition) is 4. The molecular weight excluding hydrogens is 318 g/mol. The first-order valence-electron chi connectivity index (χ1n) is 8.56. The van der Waals surface area contributed by atoms with E-state index in [2.05, 4.69) is 38.2 Å². The molecule has 7 nitrogen and oxygen atoms in total. The van der Waals surface area contributed by atoms with Crippen molar-refractivity contribution in [2.45, 2.75) is 31.4 Å². The molecule has 1 amide bonds. The van der Waals surface area contributed by atoms with Gasteiger partial charge in [-0.15, -0.1) is 0 Å². The van der Waals surface area contributed by atoms with Crippen LogP contribution in [0.4, 0.5) is 0 Å². The maximum atomic E-state index is 12.6. The van der Waals surface area contributed by atoms with Crippen molar-refractivity contribution in [2.75, 3.05) is 13.1 Å². The van der Waals surface area contributed by atoms with E-state index in [1.54, 1.807) is 4.90 Å². The van der Waals surface area contributed by atoms with Crippen LogP contribution < -0.4 is 0 Å². The number of carbonyl (C=O) groups excluding carboxylic acids is 1. The molecule has 1 aromatic carbocycles. The topological polar surface area (TPSA) is 87.0 Å². The number of aliphatic hydroxyl groups is 1. The molecule has 3 heterocycles. The number of rotatable bonds is 4. The summed E-state index contributed by atoms with van der Waals surface area (Å²) >= 11 is 0. The van der Waals surface area contributed by atoms with Crippen molar-refractivity contribution >= 4 is 16.8 Å². The van der Waals surface area contributed by atoms with Gasteiger partial charge in [0.2, 0.25) is 5.91 Å².